The summed E-state index contributed by atoms with van der Waals surface area (Å²) in [6, 6.07) is 3.95. The summed E-state index contributed by atoms with van der Waals surface area (Å²) in [5.74, 6) is -0.709. The summed E-state index contributed by atoms with van der Waals surface area (Å²) in [4.78, 5) is 19.7. The van der Waals surface area contributed by atoms with E-state index < -0.39 is 11.7 Å². The van der Waals surface area contributed by atoms with Crippen molar-refractivity contribution in [2.24, 2.45) is 0 Å². The van der Waals surface area contributed by atoms with E-state index in [9.17, 15) is 9.18 Å². The molecule has 98 valence electrons. The SMILES string of the molecule is COc1ccc(C(=O)Nc2cnc(Br)cn2)cc1F. The molecule has 2 aromatic rings. The minimum absolute atomic E-state index is 0.0833. The number of anilines is 1. The lowest BCUT2D eigenvalue weighted by Gasteiger charge is -2.06. The molecule has 7 heteroatoms. The second-order valence-electron chi connectivity index (χ2n) is 3.53. The molecule has 1 aromatic heterocycles. The summed E-state index contributed by atoms with van der Waals surface area (Å²) in [5.41, 5.74) is 0.169. The van der Waals surface area contributed by atoms with Gasteiger partial charge in [0.25, 0.3) is 5.91 Å². The average molecular weight is 326 g/mol. The predicted molar refractivity (Wildman–Crippen MR) is 70.6 cm³/mol. The average Bonchev–Trinajstić information content (AvgIpc) is 2.41. The quantitative estimate of drug-likeness (QED) is 0.942. The number of hydrogen-bond acceptors (Lipinski definition) is 4. The van der Waals surface area contributed by atoms with E-state index >= 15 is 0 Å². The number of carbonyl (C=O) groups excluding carboxylic acids is 1. The highest BCUT2D eigenvalue weighted by Gasteiger charge is 2.10. The molecule has 1 amide bonds. The summed E-state index contributed by atoms with van der Waals surface area (Å²) in [6.45, 7) is 0. The summed E-state index contributed by atoms with van der Waals surface area (Å²) in [5, 5.41) is 2.51. The van der Waals surface area contributed by atoms with Gasteiger partial charge in [-0.25, -0.2) is 14.4 Å². The van der Waals surface area contributed by atoms with E-state index in [1.165, 1.54) is 31.6 Å². The van der Waals surface area contributed by atoms with E-state index in [-0.39, 0.29) is 17.1 Å². The topological polar surface area (TPSA) is 64.1 Å². The van der Waals surface area contributed by atoms with Gasteiger partial charge in [-0.15, -0.1) is 0 Å². The second kappa shape index (κ2) is 5.75. The fraction of sp³-hybridized carbons (Fsp3) is 0.0833. The van der Waals surface area contributed by atoms with Crippen LogP contribution < -0.4 is 10.1 Å². The first-order valence-electron chi connectivity index (χ1n) is 5.22. The van der Waals surface area contributed by atoms with Gasteiger partial charge in [0.15, 0.2) is 17.4 Å². The van der Waals surface area contributed by atoms with Crippen LogP contribution in [0.4, 0.5) is 10.2 Å². The molecule has 0 radical (unpaired) electrons. The molecular weight excluding hydrogens is 317 g/mol. The maximum absolute atomic E-state index is 13.5. The van der Waals surface area contributed by atoms with Gasteiger partial charge in [-0.1, -0.05) is 0 Å². The highest BCUT2D eigenvalue weighted by atomic mass is 79.9. The van der Waals surface area contributed by atoms with Gasteiger partial charge in [0.1, 0.15) is 4.60 Å². The van der Waals surface area contributed by atoms with E-state index in [2.05, 4.69) is 31.2 Å². The Morgan fingerprint density at radius 2 is 2.16 bits per heavy atom. The molecule has 0 bridgehead atoms. The molecule has 0 atom stereocenters. The van der Waals surface area contributed by atoms with Gasteiger partial charge in [0.05, 0.1) is 19.5 Å². The molecule has 0 unspecified atom stereocenters. The van der Waals surface area contributed by atoms with Crippen LogP contribution >= 0.6 is 15.9 Å². The zero-order valence-electron chi connectivity index (χ0n) is 9.85. The molecule has 0 fully saturated rings. The minimum Gasteiger partial charge on any atom is -0.494 e. The van der Waals surface area contributed by atoms with Crippen molar-refractivity contribution in [2.45, 2.75) is 0 Å². The van der Waals surface area contributed by atoms with Crippen LogP contribution in [0.15, 0.2) is 35.2 Å². The van der Waals surface area contributed by atoms with Crippen LogP contribution in [0.25, 0.3) is 0 Å². The van der Waals surface area contributed by atoms with E-state index in [1.54, 1.807) is 0 Å². The number of rotatable bonds is 3. The van der Waals surface area contributed by atoms with E-state index in [1.807, 2.05) is 0 Å². The maximum atomic E-state index is 13.5. The zero-order chi connectivity index (χ0) is 13.8. The lowest BCUT2D eigenvalue weighted by molar-refractivity contribution is 0.102. The normalized spacial score (nSPS) is 10.1. The molecule has 0 aliphatic heterocycles. The van der Waals surface area contributed by atoms with Crippen molar-refractivity contribution in [1.82, 2.24) is 9.97 Å². The molecule has 1 heterocycles. The van der Waals surface area contributed by atoms with Gasteiger partial charge in [0, 0.05) is 5.56 Å². The van der Waals surface area contributed by atoms with E-state index in [0.717, 1.165) is 6.07 Å². The lowest BCUT2D eigenvalue weighted by atomic mass is 10.2. The van der Waals surface area contributed by atoms with Crippen molar-refractivity contribution in [1.29, 1.82) is 0 Å². The summed E-state index contributed by atoms with van der Waals surface area (Å²) < 4.78 is 18.8. The fourth-order valence-electron chi connectivity index (χ4n) is 1.37. The summed E-state index contributed by atoms with van der Waals surface area (Å²) in [7, 11) is 1.36. The number of methoxy groups -OCH3 is 1. The number of aromatic nitrogens is 2. The number of ether oxygens (including phenoxy) is 1. The van der Waals surface area contributed by atoms with Crippen molar-refractivity contribution in [3.63, 3.8) is 0 Å². The van der Waals surface area contributed by atoms with Gasteiger partial charge in [0.2, 0.25) is 0 Å². The molecule has 1 aromatic carbocycles. The lowest BCUT2D eigenvalue weighted by Crippen LogP contribution is -2.13. The second-order valence-corrected chi connectivity index (χ2v) is 4.34. The van der Waals surface area contributed by atoms with E-state index in [4.69, 9.17) is 4.74 Å². The first kappa shape index (κ1) is 13.4. The molecule has 0 aliphatic carbocycles. The van der Waals surface area contributed by atoms with Crippen LogP contribution in [-0.2, 0) is 0 Å². The molecular formula is C12H9BrFN3O2. The fourth-order valence-corrected chi connectivity index (χ4v) is 1.58. The third kappa shape index (κ3) is 3.25. The van der Waals surface area contributed by atoms with Gasteiger partial charge >= 0.3 is 0 Å². The Balaban J connectivity index is 2.16. The van der Waals surface area contributed by atoms with Gasteiger partial charge < -0.3 is 10.1 Å². The molecule has 19 heavy (non-hydrogen) atoms. The van der Waals surface area contributed by atoms with Crippen molar-refractivity contribution >= 4 is 27.7 Å². The third-order valence-corrected chi connectivity index (χ3v) is 2.69. The Bertz CT molecular complexity index is 604. The molecule has 0 saturated heterocycles. The number of carbonyl (C=O) groups is 1. The van der Waals surface area contributed by atoms with Crippen molar-refractivity contribution < 1.29 is 13.9 Å². The Hall–Kier alpha value is -2.02. The molecule has 1 N–H and O–H groups in total. The number of amides is 1. The third-order valence-electron chi connectivity index (χ3n) is 2.28. The number of nitrogens with one attached hydrogen (secondary N) is 1. The van der Waals surface area contributed by atoms with Crippen LogP contribution in [0, 0.1) is 5.82 Å². The number of halogens is 2. The Morgan fingerprint density at radius 1 is 1.37 bits per heavy atom. The van der Waals surface area contributed by atoms with Crippen molar-refractivity contribution in [3.8, 4) is 5.75 Å². The molecule has 0 saturated carbocycles. The van der Waals surface area contributed by atoms with Crippen LogP contribution in [0.1, 0.15) is 10.4 Å². The van der Waals surface area contributed by atoms with Crippen LogP contribution in [-0.4, -0.2) is 23.0 Å². The largest absolute Gasteiger partial charge is 0.494 e. The Labute approximate surface area is 117 Å². The number of nitrogens with zero attached hydrogens (tertiary/aromatic N) is 2. The van der Waals surface area contributed by atoms with Crippen molar-refractivity contribution in [3.05, 3.63) is 46.6 Å². The number of benzene rings is 1. The van der Waals surface area contributed by atoms with E-state index in [0.29, 0.717) is 4.60 Å². The molecule has 5 nitrogen and oxygen atoms in total. The first-order chi connectivity index (χ1) is 9.10. The molecule has 0 spiro atoms. The first-order valence-corrected chi connectivity index (χ1v) is 6.02. The standard InChI is InChI=1S/C12H9BrFN3O2/c1-19-9-3-2-7(4-8(9)14)12(18)17-11-6-15-10(13)5-16-11/h2-6H,1H3,(H,16,17,18). The Kier molecular flexibility index (Phi) is 4.06. The van der Waals surface area contributed by atoms with Gasteiger partial charge in [-0.2, -0.15) is 0 Å². The summed E-state index contributed by atoms with van der Waals surface area (Å²) >= 11 is 3.13. The van der Waals surface area contributed by atoms with Gasteiger partial charge in [-0.05, 0) is 34.1 Å². The Morgan fingerprint density at radius 3 is 2.74 bits per heavy atom. The van der Waals surface area contributed by atoms with Gasteiger partial charge in [-0.3, -0.25) is 4.79 Å². The zero-order valence-corrected chi connectivity index (χ0v) is 11.4. The number of hydrogen-bond donors (Lipinski definition) is 1. The maximum Gasteiger partial charge on any atom is 0.256 e. The monoisotopic (exact) mass is 325 g/mol. The van der Waals surface area contributed by atoms with Crippen LogP contribution in [0.5, 0.6) is 5.75 Å². The van der Waals surface area contributed by atoms with Crippen molar-refractivity contribution in [2.75, 3.05) is 12.4 Å². The predicted octanol–water partition coefficient (Wildman–Crippen LogP) is 2.64. The highest BCUT2D eigenvalue weighted by molar-refractivity contribution is 9.10. The summed E-state index contributed by atoms with van der Waals surface area (Å²) in [6.07, 6.45) is 2.84. The molecule has 2 rings (SSSR count). The van der Waals surface area contributed by atoms with Crippen LogP contribution in [0.3, 0.4) is 0 Å². The minimum atomic E-state index is -0.600. The molecule has 0 aliphatic rings. The van der Waals surface area contributed by atoms with Crippen LogP contribution in [0.2, 0.25) is 0 Å². The smallest absolute Gasteiger partial charge is 0.256 e. The highest BCUT2D eigenvalue weighted by Crippen LogP contribution is 2.18.